The first kappa shape index (κ1) is 22.4. The predicted octanol–water partition coefficient (Wildman–Crippen LogP) is 5.83. The summed E-state index contributed by atoms with van der Waals surface area (Å²) in [6.07, 6.45) is 2.94. The molecule has 2 N–H and O–H groups in total. The van der Waals surface area contributed by atoms with Crippen molar-refractivity contribution in [3.05, 3.63) is 59.7 Å². The fraction of sp³-hybridized carbons (Fsp3) is 0.481. The molecule has 1 saturated carbocycles. The maximum absolute atomic E-state index is 12.6. The summed E-state index contributed by atoms with van der Waals surface area (Å²) in [7, 11) is 0. The molecule has 1 fully saturated rings. The first-order chi connectivity index (χ1) is 15.3. The summed E-state index contributed by atoms with van der Waals surface area (Å²) in [5.74, 6) is -0.509. The Bertz CT molecular complexity index is 940. The maximum Gasteiger partial charge on any atom is 0.407 e. The number of hydrogen-bond acceptors (Lipinski definition) is 3. The Hall–Kier alpha value is -2.82. The Morgan fingerprint density at radius 2 is 1.50 bits per heavy atom. The van der Waals surface area contributed by atoms with E-state index in [0.717, 1.165) is 47.9 Å². The summed E-state index contributed by atoms with van der Waals surface area (Å²) in [4.78, 5) is 24.5. The van der Waals surface area contributed by atoms with Crippen LogP contribution in [0.3, 0.4) is 0 Å². The van der Waals surface area contributed by atoms with Gasteiger partial charge < -0.3 is 15.2 Å². The third-order valence-corrected chi connectivity index (χ3v) is 7.35. The van der Waals surface area contributed by atoms with Gasteiger partial charge in [-0.05, 0) is 65.2 Å². The standard InChI is InChI=1S/C27H33NO4/c1-27(2,3)18-14-12-17(13-15-18)24(25(29)30)28-26(31)32-16-23-21-10-6-4-8-19(21)20-9-5-7-11-22(20)23/h4-11,17-18,23-24H,12-16H2,1-3H3,(H,28,31)(H,29,30). The number of benzene rings is 2. The molecule has 0 aromatic heterocycles. The normalized spacial score (nSPS) is 21.3. The van der Waals surface area contributed by atoms with Gasteiger partial charge in [-0.1, -0.05) is 69.3 Å². The van der Waals surface area contributed by atoms with Crippen molar-refractivity contribution in [2.75, 3.05) is 6.61 Å². The van der Waals surface area contributed by atoms with Gasteiger partial charge in [-0.25, -0.2) is 9.59 Å². The molecule has 2 aliphatic carbocycles. The second-order valence-corrected chi connectivity index (χ2v) is 10.3. The lowest BCUT2D eigenvalue weighted by molar-refractivity contribution is -0.141. The highest BCUT2D eigenvalue weighted by Crippen LogP contribution is 2.44. The molecule has 4 rings (SSSR count). The zero-order valence-corrected chi connectivity index (χ0v) is 19.1. The molecule has 1 amide bonds. The minimum atomic E-state index is -0.988. The van der Waals surface area contributed by atoms with Crippen molar-refractivity contribution in [3.63, 3.8) is 0 Å². The number of fused-ring (bicyclic) bond motifs is 3. The Morgan fingerprint density at radius 3 is 2.00 bits per heavy atom. The van der Waals surface area contributed by atoms with Gasteiger partial charge in [0.2, 0.25) is 0 Å². The number of aliphatic carboxylic acids is 1. The third-order valence-electron chi connectivity index (χ3n) is 7.35. The zero-order chi connectivity index (χ0) is 22.9. The fourth-order valence-corrected chi connectivity index (χ4v) is 5.47. The summed E-state index contributed by atoms with van der Waals surface area (Å²) < 4.78 is 5.57. The van der Waals surface area contributed by atoms with E-state index in [0.29, 0.717) is 5.92 Å². The van der Waals surface area contributed by atoms with Crippen LogP contribution in [0.2, 0.25) is 0 Å². The SMILES string of the molecule is CC(C)(C)C1CCC(C(NC(=O)OCC2c3ccccc3-c3ccccc32)C(=O)O)CC1. The van der Waals surface area contributed by atoms with Crippen LogP contribution in [0.4, 0.5) is 4.79 Å². The number of alkyl carbamates (subject to hydrolysis) is 1. The van der Waals surface area contributed by atoms with E-state index in [9.17, 15) is 14.7 Å². The van der Waals surface area contributed by atoms with Gasteiger partial charge in [-0.15, -0.1) is 0 Å². The molecule has 0 heterocycles. The monoisotopic (exact) mass is 435 g/mol. The number of hydrogen-bond donors (Lipinski definition) is 2. The molecule has 5 heteroatoms. The molecule has 0 saturated heterocycles. The lowest BCUT2D eigenvalue weighted by Gasteiger charge is -2.38. The Kier molecular flexibility index (Phi) is 6.27. The van der Waals surface area contributed by atoms with Crippen LogP contribution in [0.5, 0.6) is 0 Å². The van der Waals surface area contributed by atoms with Crippen molar-refractivity contribution in [2.24, 2.45) is 17.3 Å². The molecular formula is C27H33NO4. The summed E-state index contributed by atoms with van der Waals surface area (Å²) in [5.41, 5.74) is 4.82. The Morgan fingerprint density at radius 1 is 0.969 bits per heavy atom. The van der Waals surface area contributed by atoms with Crippen LogP contribution in [-0.4, -0.2) is 29.8 Å². The molecule has 0 spiro atoms. The second kappa shape index (κ2) is 8.97. The second-order valence-electron chi connectivity index (χ2n) is 10.3. The number of carboxylic acid groups (broad SMARTS) is 1. The van der Waals surface area contributed by atoms with E-state index in [1.165, 1.54) is 0 Å². The zero-order valence-electron chi connectivity index (χ0n) is 19.1. The van der Waals surface area contributed by atoms with Gasteiger partial charge in [0.15, 0.2) is 0 Å². The average molecular weight is 436 g/mol. The number of rotatable bonds is 5. The molecule has 2 aromatic carbocycles. The average Bonchev–Trinajstić information content (AvgIpc) is 3.09. The smallest absolute Gasteiger partial charge is 0.407 e. The van der Waals surface area contributed by atoms with Crippen LogP contribution >= 0.6 is 0 Å². The molecule has 2 aliphatic rings. The summed E-state index contributed by atoms with van der Waals surface area (Å²) in [6, 6.07) is 15.4. The maximum atomic E-state index is 12.6. The van der Waals surface area contributed by atoms with Crippen molar-refractivity contribution in [3.8, 4) is 11.1 Å². The lowest BCUT2D eigenvalue weighted by atomic mass is 9.68. The molecule has 5 nitrogen and oxygen atoms in total. The number of nitrogens with one attached hydrogen (secondary N) is 1. The van der Waals surface area contributed by atoms with Crippen LogP contribution in [0.15, 0.2) is 48.5 Å². The van der Waals surface area contributed by atoms with Crippen LogP contribution in [0, 0.1) is 17.3 Å². The van der Waals surface area contributed by atoms with Gasteiger partial charge in [-0.2, -0.15) is 0 Å². The molecule has 170 valence electrons. The minimum Gasteiger partial charge on any atom is -0.480 e. The van der Waals surface area contributed by atoms with Crippen LogP contribution in [-0.2, 0) is 9.53 Å². The van der Waals surface area contributed by atoms with E-state index in [1.54, 1.807) is 0 Å². The number of carboxylic acids is 1. The topological polar surface area (TPSA) is 75.6 Å². The van der Waals surface area contributed by atoms with E-state index >= 15 is 0 Å². The first-order valence-corrected chi connectivity index (χ1v) is 11.6. The molecular weight excluding hydrogens is 402 g/mol. The number of ether oxygens (including phenoxy) is 1. The highest BCUT2D eigenvalue weighted by atomic mass is 16.5. The van der Waals surface area contributed by atoms with E-state index < -0.39 is 18.1 Å². The molecule has 1 unspecified atom stereocenters. The predicted molar refractivity (Wildman–Crippen MR) is 125 cm³/mol. The molecule has 2 aromatic rings. The molecule has 0 radical (unpaired) electrons. The fourth-order valence-electron chi connectivity index (χ4n) is 5.47. The van der Waals surface area contributed by atoms with Gasteiger partial charge in [-0.3, -0.25) is 0 Å². The van der Waals surface area contributed by atoms with E-state index in [4.69, 9.17) is 4.74 Å². The third kappa shape index (κ3) is 4.52. The van der Waals surface area contributed by atoms with E-state index in [2.05, 4.69) is 50.4 Å². The van der Waals surface area contributed by atoms with Gasteiger partial charge in [0.1, 0.15) is 12.6 Å². The Labute approximate surface area is 190 Å². The molecule has 0 aliphatic heterocycles. The van der Waals surface area contributed by atoms with Gasteiger partial charge in [0.05, 0.1) is 0 Å². The van der Waals surface area contributed by atoms with E-state index in [-0.39, 0.29) is 23.9 Å². The summed E-state index contributed by atoms with van der Waals surface area (Å²) in [6.45, 7) is 6.90. The van der Waals surface area contributed by atoms with E-state index in [1.807, 2.05) is 24.3 Å². The van der Waals surface area contributed by atoms with Crippen LogP contribution < -0.4 is 5.32 Å². The highest BCUT2D eigenvalue weighted by Gasteiger charge is 2.37. The highest BCUT2D eigenvalue weighted by molar-refractivity contribution is 5.81. The van der Waals surface area contributed by atoms with Crippen LogP contribution in [0.1, 0.15) is 63.5 Å². The van der Waals surface area contributed by atoms with Crippen LogP contribution in [0.25, 0.3) is 11.1 Å². The summed E-state index contributed by atoms with van der Waals surface area (Å²) in [5, 5.41) is 12.4. The molecule has 32 heavy (non-hydrogen) atoms. The van der Waals surface area contributed by atoms with Crippen molar-refractivity contribution in [1.29, 1.82) is 0 Å². The summed E-state index contributed by atoms with van der Waals surface area (Å²) >= 11 is 0. The van der Waals surface area contributed by atoms with Crippen molar-refractivity contribution in [1.82, 2.24) is 5.32 Å². The lowest BCUT2D eigenvalue weighted by Crippen LogP contribution is -2.47. The van der Waals surface area contributed by atoms with Gasteiger partial charge >= 0.3 is 12.1 Å². The minimum absolute atomic E-state index is 0.0429. The number of amides is 1. The van der Waals surface area contributed by atoms with Gasteiger partial charge in [0.25, 0.3) is 0 Å². The first-order valence-electron chi connectivity index (χ1n) is 11.6. The van der Waals surface area contributed by atoms with Crippen molar-refractivity contribution >= 4 is 12.1 Å². The number of carbonyl (C=O) groups is 2. The molecule has 0 bridgehead atoms. The van der Waals surface area contributed by atoms with Crippen molar-refractivity contribution < 1.29 is 19.4 Å². The Balaban J connectivity index is 1.39. The quantitative estimate of drug-likeness (QED) is 0.619. The van der Waals surface area contributed by atoms with Gasteiger partial charge in [0, 0.05) is 5.92 Å². The molecule has 1 atom stereocenters. The van der Waals surface area contributed by atoms with Crippen molar-refractivity contribution in [2.45, 2.75) is 58.4 Å². The number of carbonyl (C=O) groups excluding carboxylic acids is 1. The largest absolute Gasteiger partial charge is 0.480 e.